The van der Waals surface area contributed by atoms with E-state index in [0.717, 1.165) is 42.9 Å². The van der Waals surface area contributed by atoms with E-state index in [1.807, 2.05) is 48.5 Å². The number of amides is 2. The summed E-state index contributed by atoms with van der Waals surface area (Å²) in [4.78, 5) is 27.4. The highest BCUT2D eigenvalue weighted by Crippen LogP contribution is 2.25. The number of para-hydroxylation sites is 2. The van der Waals surface area contributed by atoms with Crippen LogP contribution in [-0.4, -0.2) is 44.6 Å². The van der Waals surface area contributed by atoms with E-state index in [1.165, 1.54) is 6.26 Å². The van der Waals surface area contributed by atoms with Gasteiger partial charge in [-0.25, -0.2) is 0 Å². The van der Waals surface area contributed by atoms with Gasteiger partial charge in [0.15, 0.2) is 5.76 Å². The zero-order valence-electron chi connectivity index (χ0n) is 18.8. The molecule has 7 nitrogen and oxygen atoms in total. The molecule has 0 unspecified atom stereocenters. The summed E-state index contributed by atoms with van der Waals surface area (Å²) in [5, 5.41) is 6.07. The summed E-state index contributed by atoms with van der Waals surface area (Å²) < 4.78 is 10.6. The lowest BCUT2D eigenvalue weighted by Crippen LogP contribution is -2.45. The molecule has 0 aliphatic carbocycles. The van der Waals surface area contributed by atoms with E-state index in [-0.39, 0.29) is 17.9 Å². The predicted molar refractivity (Wildman–Crippen MR) is 127 cm³/mol. The molecule has 172 valence electrons. The van der Waals surface area contributed by atoms with E-state index >= 15 is 0 Å². The largest absolute Gasteiger partial charge is 0.496 e. The minimum absolute atomic E-state index is 0.0840. The first-order valence-corrected chi connectivity index (χ1v) is 11.2. The fourth-order valence-electron chi connectivity index (χ4n) is 4.19. The Morgan fingerprint density at radius 1 is 1.00 bits per heavy atom. The van der Waals surface area contributed by atoms with Crippen LogP contribution in [0.3, 0.4) is 0 Å². The van der Waals surface area contributed by atoms with Crippen LogP contribution in [0.15, 0.2) is 71.3 Å². The zero-order valence-corrected chi connectivity index (χ0v) is 18.8. The molecule has 1 aliphatic rings. The average Bonchev–Trinajstić information content (AvgIpc) is 3.40. The quantitative estimate of drug-likeness (QED) is 0.551. The Balaban J connectivity index is 1.32. The summed E-state index contributed by atoms with van der Waals surface area (Å²) in [6.07, 6.45) is 3.79. The zero-order chi connectivity index (χ0) is 23.0. The second kappa shape index (κ2) is 10.7. The highest BCUT2D eigenvalue weighted by atomic mass is 16.5. The van der Waals surface area contributed by atoms with Crippen LogP contribution in [0.2, 0.25) is 0 Å². The van der Waals surface area contributed by atoms with Crippen molar-refractivity contribution in [3.05, 3.63) is 83.8 Å². The van der Waals surface area contributed by atoms with Crippen LogP contribution in [-0.2, 0) is 6.42 Å². The molecule has 0 radical (unpaired) electrons. The molecule has 2 aromatic carbocycles. The van der Waals surface area contributed by atoms with Gasteiger partial charge in [0.05, 0.1) is 18.9 Å². The number of nitrogens with one attached hydrogen (secondary N) is 2. The predicted octanol–water partition coefficient (Wildman–Crippen LogP) is 3.66. The van der Waals surface area contributed by atoms with Crippen molar-refractivity contribution in [1.29, 1.82) is 0 Å². The van der Waals surface area contributed by atoms with Crippen LogP contribution in [0.5, 0.6) is 5.75 Å². The smallest absolute Gasteiger partial charge is 0.287 e. The molecule has 4 rings (SSSR count). The normalized spacial score (nSPS) is 14.0. The van der Waals surface area contributed by atoms with Crippen molar-refractivity contribution >= 4 is 17.5 Å². The molecule has 1 fully saturated rings. The monoisotopic (exact) mass is 447 g/mol. The van der Waals surface area contributed by atoms with Gasteiger partial charge in [0.25, 0.3) is 11.8 Å². The fourth-order valence-corrected chi connectivity index (χ4v) is 4.19. The minimum atomic E-state index is -0.187. The Labute approximate surface area is 193 Å². The third-order valence-electron chi connectivity index (χ3n) is 5.94. The molecular weight excluding hydrogens is 418 g/mol. The molecule has 0 saturated carbocycles. The summed E-state index contributed by atoms with van der Waals surface area (Å²) in [5.41, 5.74) is 2.64. The lowest BCUT2D eigenvalue weighted by molar-refractivity contribution is 0.0902. The van der Waals surface area contributed by atoms with Crippen LogP contribution in [0, 0.1) is 0 Å². The first-order valence-electron chi connectivity index (χ1n) is 11.2. The lowest BCUT2D eigenvalue weighted by atomic mass is 10.0. The second-order valence-corrected chi connectivity index (χ2v) is 8.05. The van der Waals surface area contributed by atoms with Gasteiger partial charge >= 0.3 is 0 Å². The molecule has 2 amide bonds. The fraction of sp³-hybridized carbons (Fsp3) is 0.308. The summed E-state index contributed by atoms with van der Waals surface area (Å²) in [7, 11) is 1.65. The van der Waals surface area contributed by atoms with Gasteiger partial charge in [0.1, 0.15) is 5.75 Å². The van der Waals surface area contributed by atoms with Crippen molar-refractivity contribution < 1.29 is 18.7 Å². The van der Waals surface area contributed by atoms with Crippen molar-refractivity contribution in [2.24, 2.45) is 0 Å². The van der Waals surface area contributed by atoms with Gasteiger partial charge in [-0.2, -0.15) is 0 Å². The second-order valence-electron chi connectivity index (χ2n) is 8.05. The number of hydrogen-bond donors (Lipinski definition) is 2. The van der Waals surface area contributed by atoms with Gasteiger partial charge < -0.3 is 24.7 Å². The van der Waals surface area contributed by atoms with Gasteiger partial charge in [-0.1, -0.05) is 30.3 Å². The summed E-state index contributed by atoms with van der Waals surface area (Å²) in [6.45, 7) is 2.04. The summed E-state index contributed by atoms with van der Waals surface area (Å²) >= 11 is 0. The molecule has 7 heteroatoms. The van der Waals surface area contributed by atoms with E-state index in [1.54, 1.807) is 19.2 Å². The van der Waals surface area contributed by atoms with Crippen LogP contribution in [0.1, 0.15) is 39.3 Å². The lowest BCUT2D eigenvalue weighted by Gasteiger charge is -2.34. The van der Waals surface area contributed by atoms with Crippen LogP contribution in [0.25, 0.3) is 0 Å². The number of hydrogen-bond acceptors (Lipinski definition) is 5. The standard InChI is InChI=1S/C26H29N3O4/c1-32-23-10-5-2-7-19(23)12-15-27-25(30)21-8-3-4-9-22(21)29-16-13-20(14-17-29)28-26(31)24-11-6-18-33-24/h2-11,18,20H,12-17H2,1H3,(H,27,30)(H,28,31). The number of benzene rings is 2. The Morgan fingerprint density at radius 2 is 1.76 bits per heavy atom. The van der Waals surface area contributed by atoms with Crippen LogP contribution < -0.4 is 20.3 Å². The van der Waals surface area contributed by atoms with Gasteiger partial charge in [0.2, 0.25) is 0 Å². The molecule has 1 aliphatic heterocycles. The molecule has 33 heavy (non-hydrogen) atoms. The Bertz CT molecular complexity index is 1070. The molecule has 0 spiro atoms. The van der Waals surface area contributed by atoms with Gasteiger partial charge in [-0.05, 0) is 55.2 Å². The Kier molecular flexibility index (Phi) is 7.29. The third kappa shape index (κ3) is 5.55. The SMILES string of the molecule is COc1ccccc1CCNC(=O)c1ccccc1N1CCC(NC(=O)c2ccco2)CC1. The molecule has 0 bridgehead atoms. The van der Waals surface area contributed by atoms with E-state index in [9.17, 15) is 9.59 Å². The summed E-state index contributed by atoms with van der Waals surface area (Å²) in [6, 6.07) is 19.0. The van der Waals surface area contributed by atoms with E-state index < -0.39 is 0 Å². The number of anilines is 1. The van der Waals surface area contributed by atoms with Gasteiger partial charge in [-0.15, -0.1) is 0 Å². The highest BCUT2D eigenvalue weighted by Gasteiger charge is 2.24. The van der Waals surface area contributed by atoms with Crippen LogP contribution in [0.4, 0.5) is 5.69 Å². The number of nitrogens with zero attached hydrogens (tertiary/aromatic N) is 1. The minimum Gasteiger partial charge on any atom is -0.496 e. The Hall–Kier alpha value is -3.74. The number of carbonyl (C=O) groups is 2. The molecular formula is C26H29N3O4. The van der Waals surface area contributed by atoms with Gasteiger partial charge in [-0.3, -0.25) is 9.59 Å². The van der Waals surface area contributed by atoms with Crippen molar-refractivity contribution in [1.82, 2.24) is 10.6 Å². The maximum Gasteiger partial charge on any atom is 0.287 e. The molecule has 0 atom stereocenters. The molecule has 1 aromatic heterocycles. The van der Waals surface area contributed by atoms with Crippen molar-refractivity contribution in [2.45, 2.75) is 25.3 Å². The highest BCUT2D eigenvalue weighted by molar-refractivity contribution is 5.99. The topological polar surface area (TPSA) is 83.8 Å². The first-order chi connectivity index (χ1) is 16.2. The number of carbonyl (C=O) groups excluding carboxylic acids is 2. The first kappa shape index (κ1) is 22.5. The third-order valence-corrected chi connectivity index (χ3v) is 5.94. The Morgan fingerprint density at radius 3 is 2.52 bits per heavy atom. The number of rotatable bonds is 8. The average molecular weight is 448 g/mol. The molecule has 3 aromatic rings. The van der Waals surface area contributed by atoms with Gasteiger partial charge in [0, 0.05) is 31.4 Å². The van der Waals surface area contributed by atoms with E-state index in [2.05, 4.69) is 15.5 Å². The molecule has 2 N–H and O–H groups in total. The van der Waals surface area contributed by atoms with Crippen molar-refractivity contribution in [3.8, 4) is 5.75 Å². The summed E-state index contributed by atoms with van der Waals surface area (Å²) in [5.74, 6) is 0.878. The van der Waals surface area contributed by atoms with E-state index in [4.69, 9.17) is 9.15 Å². The van der Waals surface area contributed by atoms with Crippen molar-refractivity contribution in [2.75, 3.05) is 31.6 Å². The van der Waals surface area contributed by atoms with Crippen LogP contribution >= 0.6 is 0 Å². The molecule has 1 saturated heterocycles. The van der Waals surface area contributed by atoms with Crippen molar-refractivity contribution in [3.63, 3.8) is 0 Å². The number of ether oxygens (including phenoxy) is 1. The van der Waals surface area contributed by atoms with E-state index in [0.29, 0.717) is 24.3 Å². The number of piperidine rings is 1. The molecule has 2 heterocycles. The number of methoxy groups -OCH3 is 1. The maximum atomic E-state index is 13.0. The maximum absolute atomic E-state index is 13.0. The number of furan rings is 1.